The molecule has 0 unspecified atom stereocenters. The Morgan fingerprint density at radius 3 is 2.52 bits per heavy atom. The molecule has 0 aliphatic carbocycles. The molecule has 3 rings (SSSR count). The van der Waals surface area contributed by atoms with E-state index in [1.807, 2.05) is 36.4 Å². The Kier molecular flexibility index (Phi) is 5.06. The number of amides is 1. The fraction of sp³-hybridized carbons (Fsp3) is 0.100. The van der Waals surface area contributed by atoms with Crippen molar-refractivity contribution < 1.29 is 4.79 Å². The first kappa shape index (κ1) is 16.7. The molecule has 3 aromatic rings. The summed E-state index contributed by atoms with van der Waals surface area (Å²) in [4.78, 5) is 16.8. The molecular formula is C20H20N4O. The number of pyridine rings is 1. The highest BCUT2D eigenvalue weighted by atomic mass is 16.1. The van der Waals surface area contributed by atoms with E-state index >= 15 is 0 Å². The Balaban J connectivity index is 1.91. The average Bonchev–Trinajstić information content (AvgIpc) is 2.64. The molecule has 0 saturated heterocycles. The number of rotatable bonds is 5. The molecule has 0 saturated carbocycles. The van der Waals surface area contributed by atoms with Gasteiger partial charge in [-0.1, -0.05) is 24.3 Å². The van der Waals surface area contributed by atoms with E-state index in [1.54, 1.807) is 30.6 Å². The molecule has 0 aliphatic rings. The van der Waals surface area contributed by atoms with Crippen LogP contribution in [0.5, 0.6) is 0 Å². The second-order valence-electron chi connectivity index (χ2n) is 5.72. The molecule has 25 heavy (non-hydrogen) atoms. The highest BCUT2D eigenvalue weighted by molar-refractivity contribution is 6.06. The second kappa shape index (κ2) is 7.59. The van der Waals surface area contributed by atoms with E-state index in [1.165, 1.54) is 0 Å². The molecule has 0 fully saturated rings. The summed E-state index contributed by atoms with van der Waals surface area (Å²) in [6.45, 7) is 0.358. The molecule has 1 aromatic heterocycles. The number of hydrogen-bond donors (Lipinski definition) is 3. The van der Waals surface area contributed by atoms with Crippen molar-refractivity contribution in [1.82, 2.24) is 4.98 Å². The maximum absolute atomic E-state index is 12.8. The number of carbonyl (C=O) groups excluding carboxylic acids is 1. The van der Waals surface area contributed by atoms with Crippen molar-refractivity contribution in [3.63, 3.8) is 0 Å². The van der Waals surface area contributed by atoms with Gasteiger partial charge in [0.1, 0.15) is 0 Å². The first-order valence-electron chi connectivity index (χ1n) is 8.04. The first-order chi connectivity index (χ1) is 12.2. The Morgan fingerprint density at radius 2 is 1.76 bits per heavy atom. The van der Waals surface area contributed by atoms with Gasteiger partial charge in [-0.15, -0.1) is 0 Å². The van der Waals surface area contributed by atoms with Crippen LogP contribution >= 0.6 is 0 Å². The third-order valence-corrected chi connectivity index (χ3v) is 4.07. The normalized spacial score (nSPS) is 10.4. The van der Waals surface area contributed by atoms with Gasteiger partial charge in [0.15, 0.2) is 0 Å². The fourth-order valence-corrected chi connectivity index (χ4v) is 2.73. The molecule has 0 radical (unpaired) electrons. The maximum Gasteiger partial charge on any atom is 0.256 e. The van der Waals surface area contributed by atoms with Crippen LogP contribution in [0.25, 0.3) is 0 Å². The van der Waals surface area contributed by atoms with E-state index in [0.29, 0.717) is 29.9 Å². The van der Waals surface area contributed by atoms with E-state index < -0.39 is 0 Å². The van der Waals surface area contributed by atoms with Crippen molar-refractivity contribution >= 4 is 17.3 Å². The molecular weight excluding hydrogens is 312 g/mol. The van der Waals surface area contributed by atoms with E-state index in [-0.39, 0.29) is 5.91 Å². The number of nitrogen functional groups attached to an aromatic ring is 1. The van der Waals surface area contributed by atoms with Gasteiger partial charge < -0.3 is 16.8 Å². The summed E-state index contributed by atoms with van der Waals surface area (Å²) in [5.74, 6) is -0.197. The SMILES string of the molecule is NCc1ccccc1NC(=O)c1cccc(N)c1Cc1ccncc1. The number of benzene rings is 2. The minimum Gasteiger partial charge on any atom is -0.398 e. The monoisotopic (exact) mass is 332 g/mol. The number of hydrogen-bond acceptors (Lipinski definition) is 4. The largest absolute Gasteiger partial charge is 0.398 e. The van der Waals surface area contributed by atoms with Gasteiger partial charge in [-0.3, -0.25) is 9.78 Å². The lowest BCUT2D eigenvalue weighted by Crippen LogP contribution is -2.17. The van der Waals surface area contributed by atoms with Crippen LogP contribution < -0.4 is 16.8 Å². The fourth-order valence-electron chi connectivity index (χ4n) is 2.73. The molecule has 0 bridgehead atoms. The first-order valence-corrected chi connectivity index (χ1v) is 8.04. The van der Waals surface area contributed by atoms with Crippen LogP contribution in [-0.4, -0.2) is 10.9 Å². The lowest BCUT2D eigenvalue weighted by molar-refractivity contribution is 0.102. The van der Waals surface area contributed by atoms with Crippen molar-refractivity contribution in [3.05, 3.63) is 89.2 Å². The number of nitrogens with two attached hydrogens (primary N) is 2. The van der Waals surface area contributed by atoms with Crippen molar-refractivity contribution in [2.75, 3.05) is 11.1 Å². The van der Waals surface area contributed by atoms with Crippen molar-refractivity contribution in [3.8, 4) is 0 Å². The zero-order chi connectivity index (χ0) is 17.6. The highest BCUT2D eigenvalue weighted by Gasteiger charge is 2.15. The third kappa shape index (κ3) is 3.84. The topological polar surface area (TPSA) is 94.0 Å². The van der Waals surface area contributed by atoms with Crippen molar-refractivity contribution in [1.29, 1.82) is 0 Å². The van der Waals surface area contributed by atoms with Gasteiger partial charge >= 0.3 is 0 Å². The summed E-state index contributed by atoms with van der Waals surface area (Å²) in [5.41, 5.74) is 16.5. The minimum absolute atomic E-state index is 0.197. The van der Waals surface area contributed by atoms with Crippen LogP contribution in [0.15, 0.2) is 67.0 Å². The molecule has 5 N–H and O–H groups in total. The second-order valence-corrected chi connectivity index (χ2v) is 5.72. The summed E-state index contributed by atoms with van der Waals surface area (Å²) in [7, 11) is 0. The summed E-state index contributed by atoms with van der Waals surface area (Å²) in [6.07, 6.45) is 4.02. The van der Waals surface area contributed by atoms with Gasteiger partial charge in [-0.05, 0) is 47.0 Å². The van der Waals surface area contributed by atoms with Gasteiger partial charge in [0.2, 0.25) is 0 Å². The standard InChI is InChI=1S/C20H20N4O/c21-13-15-4-1-2-7-19(15)24-20(25)16-5-3-6-18(22)17(16)12-14-8-10-23-11-9-14/h1-11H,12-13,21-22H2,(H,24,25). The van der Waals surface area contributed by atoms with Crippen LogP contribution in [0.4, 0.5) is 11.4 Å². The molecule has 126 valence electrons. The summed E-state index contributed by atoms with van der Waals surface area (Å²) in [6, 6.07) is 16.7. The van der Waals surface area contributed by atoms with E-state index in [9.17, 15) is 4.79 Å². The number of aromatic nitrogens is 1. The lowest BCUT2D eigenvalue weighted by atomic mass is 9.98. The van der Waals surface area contributed by atoms with Gasteiger partial charge in [0.25, 0.3) is 5.91 Å². The van der Waals surface area contributed by atoms with Crippen LogP contribution in [-0.2, 0) is 13.0 Å². The summed E-state index contributed by atoms with van der Waals surface area (Å²) >= 11 is 0. The number of carbonyl (C=O) groups is 1. The molecule has 0 aliphatic heterocycles. The quantitative estimate of drug-likeness (QED) is 0.626. The Labute approximate surface area is 146 Å². The summed E-state index contributed by atoms with van der Waals surface area (Å²) < 4.78 is 0. The van der Waals surface area contributed by atoms with Gasteiger partial charge in [0, 0.05) is 42.3 Å². The molecule has 2 aromatic carbocycles. The van der Waals surface area contributed by atoms with Crippen LogP contribution in [0.3, 0.4) is 0 Å². The minimum atomic E-state index is -0.197. The Morgan fingerprint density at radius 1 is 1.00 bits per heavy atom. The molecule has 1 amide bonds. The molecule has 5 nitrogen and oxygen atoms in total. The smallest absolute Gasteiger partial charge is 0.256 e. The van der Waals surface area contributed by atoms with Gasteiger partial charge in [-0.25, -0.2) is 0 Å². The van der Waals surface area contributed by atoms with E-state index in [0.717, 1.165) is 16.7 Å². The number of para-hydroxylation sites is 1. The summed E-state index contributed by atoms with van der Waals surface area (Å²) in [5, 5.41) is 2.94. The predicted octanol–water partition coefficient (Wildman–Crippen LogP) is 2.97. The van der Waals surface area contributed by atoms with E-state index in [2.05, 4.69) is 10.3 Å². The number of anilines is 2. The maximum atomic E-state index is 12.8. The number of nitrogens with one attached hydrogen (secondary N) is 1. The molecule has 0 atom stereocenters. The zero-order valence-corrected chi connectivity index (χ0v) is 13.8. The van der Waals surface area contributed by atoms with Crippen LogP contribution in [0, 0.1) is 0 Å². The van der Waals surface area contributed by atoms with Gasteiger partial charge in [-0.2, -0.15) is 0 Å². The molecule has 5 heteroatoms. The Hall–Kier alpha value is -3.18. The third-order valence-electron chi connectivity index (χ3n) is 4.07. The van der Waals surface area contributed by atoms with Crippen LogP contribution in [0.2, 0.25) is 0 Å². The zero-order valence-electron chi connectivity index (χ0n) is 13.8. The predicted molar refractivity (Wildman–Crippen MR) is 100 cm³/mol. The lowest BCUT2D eigenvalue weighted by Gasteiger charge is -2.14. The number of nitrogens with zero attached hydrogens (tertiary/aromatic N) is 1. The highest BCUT2D eigenvalue weighted by Crippen LogP contribution is 2.23. The van der Waals surface area contributed by atoms with E-state index in [4.69, 9.17) is 11.5 Å². The van der Waals surface area contributed by atoms with Crippen LogP contribution in [0.1, 0.15) is 27.0 Å². The molecule has 0 spiro atoms. The van der Waals surface area contributed by atoms with Gasteiger partial charge in [0.05, 0.1) is 0 Å². The van der Waals surface area contributed by atoms with Crippen molar-refractivity contribution in [2.24, 2.45) is 5.73 Å². The average molecular weight is 332 g/mol. The Bertz CT molecular complexity index is 878. The van der Waals surface area contributed by atoms with Crippen molar-refractivity contribution in [2.45, 2.75) is 13.0 Å². The molecule has 1 heterocycles.